The summed E-state index contributed by atoms with van der Waals surface area (Å²) in [5, 5.41) is 11.4. The molecule has 0 spiro atoms. The SMILES string of the molecule is Cc1ccc2c(N3CCN(C(=O)CCC4CCCCC4)CC3)nc(-c3ccccc3O)nc2c1. The van der Waals surface area contributed by atoms with Crippen LogP contribution in [0.5, 0.6) is 5.75 Å². The summed E-state index contributed by atoms with van der Waals surface area (Å²) in [6.45, 7) is 4.98. The first kappa shape index (κ1) is 22.6. The summed E-state index contributed by atoms with van der Waals surface area (Å²) in [7, 11) is 0. The molecule has 1 amide bonds. The lowest BCUT2D eigenvalue weighted by Gasteiger charge is -2.36. The van der Waals surface area contributed by atoms with E-state index in [1.54, 1.807) is 12.1 Å². The molecule has 6 heteroatoms. The molecule has 178 valence electrons. The third-order valence-corrected chi connectivity index (χ3v) is 7.40. The molecule has 2 fully saturated rings. The standard InChI is InChI=1S/C28H34N4O2/c1-20-11-13-22-24(19-20)29-27(23-9-5-6-10-25(23)33)30-28(22)32-17-15-31(16-18-32)26(34)14-12-21-7-3-2-4-8-21/h5-6,9-11,13,19,21,33H,2-4,7-8,12,14-18H2,1H3. The van der Waals surface area contributed by atoms with Crippen LogP contribution in [0.25, 0.3) is 22.3 Å². The van der Waals surface area contributed by atoms with Crippen molar-refractivity contribution in [3.63, 3.8) is 0 Å². The number of fused-ring (bicyclic) bond motifs is 1. The quantitative estimate of drug-likeness (QED) is 0.560. The molecule has 2 heterocycles. The molecule has 1 N–H and O–H groups in total. The number of hydrogen-bond donors (Lipinski definition) is 1. The monoisotopic (exact) mass is 458 g/mol. The van der Waals surface area contributed by atoms with Gasteiger partial charge in [-0.05, 0) is 49.1 Å². The lowest BCUT2D eigenvalue weighted by Crippen LogP contribution is -2.49. The van der Waals surface area contributed by atoms with Crippen LogP contribution in [0, 0.1) is 12.8 Å². The zero-order chi connectivity index (χ0) is 23.5. The summed E-state index contributed by atoms with van der Waals surface area (Å²) in [4.78, 5) is 26.8. The molecular formula is C28H34N4O2. The van der Waals surface area contributed by atoms with Gasteiger partial charge in [0, 0.05) is 38.0 Å². The Hall–Kier alpha value is -3.15. The van der Waals surface area contributed by atoms with Gasteiger partial charge >= 0.3 is 0 Å². The number of piperazine rings is 1. The van der Waals surface area contributed by atoms with Crippen LogP contribution in [0.1, 0.15) is 50.5 Å². The number of anilines is 1. The van der Waals surface area contributed by atoms with Crippen LogP contribution in [-0.4, -0.2) is 52.1 Å². The number of aryl methyl sites for hydroxylation is 1. The maximum atomic E-state index is 12.9. The number of phenols is 1. The van der Waals surface area contributed by atoms with E-state index in [4.69, 9.17) is 9.97 Å². The molecule has 2 aromatic carbocycles. The van der Waals surface area contributed by atoms with Crippen LogP contribution in [0.4, 0.5) is 5.82 Å². The van der Waals surface area contributed by atoms with Gasteiger partial charge in [-0.1, -0.05) is 50.3 Å². The first-order valence-corrected chi connectivity index (χ1v) is 12.7. The first-order chi connectivity index (χ1) is 16.6. The Labute approximate surface area is 201 Å². The van der Waals surface area contributed by atoms with Gasteiger partial charge in [-0.2, -0.15) is 0 Å². The van der Waals surface area contributed by atoms with Crippen molar-refractivity contribution >= 4 is 22.6 Å². The van der Waals surface area contributed by atoms with E-state index in [9.17, 15) is 9.90 Å². The number of aromatic nitrogens is 2. The molecule has 34 heavy (non-hydrogen) atoms. The summed E-state index contributed by atoms with van der Waals surface area (Å²) < 4.78 is 0. The largest absolute Gasteiger partial charge is 0.507 e. The van der Waals surface area contributed by atoms with Crippen LogP contribution < -0.4 is 4.90 Å². The highest BCUT2D eigenvalue weighted by Gasteiger charge is 2.25. The smallest absolute Gasteiger partial charge is 0.222 e. The number of hydrogen-bond acceptors (Lipinski definition) is 5. The van der Waals surface area contributed by atoms with Crippen LogP contribution >= 0.6 is 0 Å². The van der Waals surface area contributed by atoms with E-state index < -0.39 is 0 Å². The second kappa shape index (κ2) is 10.00. The Balaban J connectivity index is 1.33. The Morgan fingerprint density at radius 2 is 1.76 bits per heavy atom. The zero-order valence-corrected chi connectivity index (χ0v) is 20.0. The van der Waals surface area contributed by atoms with Gasteiger partial charge in [0.1, 0.15) is 11.6 Å². The predicted octanol–water partition coefficient (Wildman–Crippen LogP) is 5.32. The fourth-order valence-electron chi connectivity index (χ4n) is 5.38. The molecule has 1 aromatic heterocycles. The van der Waals surface area contributed by atoms with Crippen LogP contribution in [-0.2, 0) is 4.79 Å². The number of para-hydroxylation sites is 1. The molecule has 5 rings (SSSR count). The molecule has 0 bridgehead atoms. The van der Waals surface area contributed by atoms with E-state index in [1.807, 2.05) is 17.0 Å². The van der Waals surface area contributed by atoms with Crippen molar-refractivity contribution in [1.29, 1.82) is 0 Å². The van der Waals surface area contributed by atoms with Gasteiger partial charge in [-0.25, -0.2) is 9.97 Å². The lowest BCUT2D eigenvalue weighted by molar-refractivity contribution is -0.131. The number of carbonyl (C=O) groups is 1. The number of aromatic hydroxyl groups is 1. The minimum absolute atomic E-state index is 0.175. The van der Waals surface area contributed by atoms with Crippen molar-refractivity contribution in [1.82, 2.24) is 14.9 Å². The van der Waals surface area contributed by atoms with Crippen molar-refractivity contribution < 1.29 is 9.90 Å². The summed E-state index contributed by atoms with van der Waals surface area (Å²) in [6, 6.07) is 13.4. The molecule has 1 aliphatic carbocycles. The summed E-state index contributed by atoms with van der Waals surface area (Å²) in [6.07, 6.45) is 8.31. The average Bonchev–Trinajstić information content (AvgIpc) is 2.87. The normalized spacial score (nSPS) is 17.3. The summed E-state index contributed by atoms with van der Waals surface area (Å²) in [5.74, 6) is 2.61. The predicted molar refractivity (Wildman–Crippen MR) is 136 cm³/mol. The van der Waals surface area contributed by atoms with Gasteiger partial charge in [-0.3, -0.25) is 4.79 Å². The minimum Gasteiger partial charge on any atom is -0.507 e. The van der Waals surface area contributed by atoms with Crippen molar-refractivity contribution in [2.45, 2.75) is 51.9 Å². The number of amides is 1. The van der Waals surface area contributed by atoms with E-state index in [-0.39, 0.29) is 5.75 Å². The number of benzene rings is 2. The van der Waals surface area contributed by atoms with Crippen molar-refractivity contribution in [2.75, 3.05) is 31.1 Å². The molecular weight excluding hydrogens is 424 g/mol. The summed E-state index contributed by atoms with van der Waals surface area (Å²) in [5.41, 5.74) is 2.63. The second-order valence-corrected chi connectivity index (χ2v) is 9.82. The number of nitrogens with zero attached hydrogens (tertiary/aromatic N) is 4. The Morgan fingerprint density at radius 3 is 2.53 bits per heavy atom. The van der Waals surface area contributed by atoms with Crippen LogP contribution in [0.2, 0.25) is 0 Å². The average molecular weight is 459 g/mol. The minimum atomic E-state index is 0.175. The van der Waals surface area contributed by atoms with Gasteiger partial charge in [0.25, 0.3) is 0 Å². The molecule has 1 saturated heterocycles. The number of phenolic OH excluding ortho intramolecular Hbond substituents is 1. The first-order valence-electron chi connectivity index (χ1n) is 12.7. The van der Waals surface area contributed by atoms with Gasteiger partial charge in [0.15, 0.2) is 5.82 Å². The van der Waals surface area contributed by atoms with Crippen LogP contribution in [0.15, 0.2) is 42.5 Å². The Bertz CT molecular complexity index is 1160. The van der Waals surface area contributed by atoms with E-state index in [2.05, 4.69) is 30.0 Å². The Kier molecular flexibility index (Phi) is 6.66. The second-order valence-electron chi connectivity index (χ2n) is 9.82. The van der Waals surface area contributed by atoms with Gasteiger partial charge < -0.3 is 14.9 Å². The third-order valence-electron chi connectivity index (χ3n) is 7.40. The lowest BCUT2D eigenvalue weighted by atomic mass is 9.86. The summed E-state index contributed by atoms with van der Waals surface area (Å²) >= 11 is 0. The number of rotatable bonds is 5. The van der Waals surface area contributed by atoms with Crippen molar-refractivity contribution in [3.05, 3.63) is 48.0 Å². The van der Waals surface area contributed by atoms with Crippen LogP contribution in [0.3, 0.4) is 0 Å². The highest BCUT2D eigenvalue weighted by molar-refractivity contribution is 5.92. The van der Waals surface area contributed by atoms with Gasteiger partial charge in [0.2, 0.25) is 5.91 Å². The van der Waals surface area contributed by atoms with Gasteiger partial charge in [0.05, 0.1) is 11.1 Å². The molecule has 3 aromatic rings. The molecule has 6 nitrogen and oxygen atoms in total. The highest BCUT2D eigenvalue weighted by atomic mass is 16.3. The molecule has 1 aliphatic heterocycles. The fraction of sp³-hybridized carbons (Fsp3) is 0.464. The Morgan fingerprint density at radius 1 is 1.00 bits per heavy atom. The van der Waals surface area contributed by atoms with Crippen molar-refractivity contribution in [2.24, 2.45) is 5.92 Å². The van der Waals surface area contributed by atoms with E-state index >= 15 is 0 Å². The highest BCUT2D eigenvalue weighted by Crippen LogP contribution is 2.32. The molecule has 0 radical (unpaired) electrons. The molecule has 0 atom stereocenters. The maximum Gasteiger partial charge on any atom is 0.222 e. The molecule has 1 saturated carbocycles. The maximum absolute atomic E-state index is 12.9. The van der Waals surface area contributed by atoms with Crippen molar-refractivity contribution in [3.8, 4) is 17.1 Å². The zero-order valence-electron chi connectivity index (χ0n) is 20.0. The molecule has 2 aliphatic rings. The fourth-order valence-corrected chi connectivity index (χ4v) is 5.38. The van der Waals surface area contributed by atoms with E-state index in [0.717, 1.165) is 47.7 Å². The topological polar surface area (TPSA) is 69.6 Å². The van der Waals surface area contributed by atoms with E-state index in [0.29, 0.717) is 36.8 Å². The third kappa shape index (κ3) is 4.86. The van der Waals surface area contributed by atoms with Gasteiger partial charge in [-0.15, -0.1) is 0 Å². The molecule has 0 unspecified atom stereocenters. The van der Waals surface area contributed by atoms with E-state index in [1.165, 1.54) is 32.1 Å². The number of carbonyl (C=O) groups excluding carboxylic acids is 1.